The smallest absolute Gasteiger partial charge is 0.338 e. The Balaban J connectivity index is 1.80. The maximum atomic E-state index is 12.1. The number of nitrogens with zero attached hydrogens (tertiary/aromatic N) is 3. The van der Waals surface area contributed by atoms with Crippen LogP contribution in [-0.4, -0.2) is 79.0 Å². The number of esters is 1. The van der Waals surface area contributed by atoms with Crippen LogP contribution in [0.25, 0.3) is 0 Å². The summed E-state index contributed by atoms with van der Waals surface area (Å²) in [5.41, 5.74) is -0.0607. The first kappa shape index (κ1) is 19.3. The Morgan fingerprint density at radius 1 is 1.23 bits per heavy atom. The van der Waals surface area contributed by atoms with Crippen LogP contribution in [0, 0.1) is 10.1 Å². The topological polar surface area (TPSA) is 119 Å². The molecule has 0 atom stereocenters. The molecular weight excluding hydrogens is 346 g/mol. The van der Waals surface area contributed by atoms with Crippen LogP contribution in [0.15, 0.2) is 24.3 Å². The average molecular weight is 365 g/mol. The number of hydrogen-bond acceptors (Lipinski definition) is 7. The largest absolute Gasteiger partial charge is 0.452 e. The first-order valence-electron chi connectivity index (χ1n) is 7.89. The highest BCUT2D eigenvalue weighted by molar-refractivity contribution is 5.92. The van der Waals surface area contributed by atoms with Crippen molar-refractivity contribution in [3.63, 3.8) is 0 Å². The van der Waals surface area contributed by atoms with E-state index in [2.05, 4.69) is 0 Å². The lowest BCUT2D eigenvalue weighted by Crippen LogP contribution is -2.46. The van der Waals surface area contributed by atoms with E-state index in [9.17, 15) is 24.5 Å². The summed E-state index contributed by atoms with van der Waals surface area (Å²) in [7, 11) is 1.44. The molecular formula is C16H19N3O7. The second-order valence-electron chi connectivity index (χ2n) is 5.62. The number of morpholine rings is 1. The molecule has 0 unspecified atom stereocenters. The second kappa shape index (κ2) is 8.90. The Morgan fingerprint density at radius 3 is 2.42 bits per heavy atom. The van der Waals surface area contributed by atoms with Gasteiger partial charge in [0.25, 0.3) is 11.6 Å². The summed E-state index contributed by atoms with van der Waals surface area (Å²) in [4.78, 5) is 48.7. The second-order valence-corrected chi connectivity index (χ2v) is 5.62. The molecule has 2 rings (SSSR count). The fourth-order valence-corrected chi connectivity index (χ4v) is 2.24. The molecule has 2 amide bonds. The zero-order chi connectivity index (χ0) is 19.1. The van der Waals surface area contributed by atoms with E-state index in [1.165, 1.54) is 36.2 Å². The number of likely N-dealkylation sites (N-methyl/N-ethyl adjacent to an activating group) is 1. The number of nitro groups is 1. The first-order chi connectivity index (χ1) is 12.4. The molecule has 26 heavy (non-hydrogen) atoms. The molecule has 1 fully saturated rings. The number of ether oxygens (including phenoxy) is 2. The maximum absolute atomic E-state index is 12.1. The number of benzene rings is 1. The number of hydrogen-bond donors (Lipinski definition) is 0. The molecule has 0 spiro atoms. The predicted octanol–water partition coefficient (Wildman–Crippen LogP) is 0.0688. The molecule has 10 heteroatoms. The van der Waals surface area contributed by atoms with E-state index in [-0.39, 0.29) is 23.7 Å². The van der Waals surface area contributed by atoms with Crippen LogP contribution in [0.2, 0.25) is 0 Å². The van der Waals surface area contributed by atoms with Crippen molar-refractivity contribution in [2.24, 2.45) is 0 Å². The molecule has 0 aliphatic carbocycles. The molecule has 1 aromatic rings. The number of amides is 2. The normalized spacial score (nSPS) is 13.8. The van der Waals surface area contributed by atoms with Gasteiger partial charge in [0.15, 0.2) is 6.61 Å². The number of rotatable bonds is 6. The molecule has 1 aliphatic rings. The van der Waals surface area contributed by atoms with Crippen molar-refractivity contribution in [1.29, 1.82) is 0 Å². The molecule has 1 saturated heterocycles. The van der Waals surface area contributed by atoms with Gasteiger partial charge in [0, 0.05) is 32.3 Å². The van der Waals surface area contributed by atoms with Crippen molar-refractivity contribution < 1.29 is 28.8 Å². The average Bonchev–Trinajstić information content (AvgIpc) is 2.66. The minimum atomic E-state index is -0.777. The lowest BCUT2D eigenvalue weighted by atomic mass is 10.2. The molecule has 0 aromatic heterocycles. The summed E-state index contributed by atoms with van der Waals surface area (Å²) >= 11 is 0. The van der Waals surface area contributed by atoms with Crippen molar-refractivity contribution in [1.82, 2.24) is 9.80 Å². The highest BCUT2D eigenvalue weighted by atomic mass is 16.6. The third-order valence-electron chi connectivity index (χ3n) is 3.80. The Hall–Kier alpha value is -3.01. The summed E-state index contributed by atoms with van der Waals surface area (Å²) in [6.07, 6.45) is 0. The summed E-state index contributed by atoms with van der Waals surface area (Å²) in [6.45, 7) is 1.26. The quantitative estimate of drug-likeness (QED) is 0.397. The van der Waals surface area contributed by atoms with Gasteiger partial charge in [0.2, 0.25) is 5.91 Å². The van der Waals surface area contributed by atoms with Gasteiger partial charge < -0.3 is 19.3 Å². The van der Waals surface area contributed by atoms with Crippen LogP contribution in [0.4, 0.5) is 5.69 Å². The minimum absolute atomic E-state index is 0.0930. The monoisotopic (exact) mass is 365 g/mol. The van der Waals surface area contributed by atoms with Crippen LogP contribution < -0.4 is 0 Å². The third-order valence-corrected chi connectivity index (χ3v) is 3.80. The van der Waals surface area contributed by atoms with Gasteiger partial charge in [-0.05, 0) is 12.1 Å². The first-order valence-corrected chi connectivity index (χ1v) is 7.89. The zero-order valence-electron chi connectivity index (χ0n) is 14.3. The van der Waals surface area contributed by atoms with Crippen molar-refractivity contribution in [2.75, 3.05) is 46.5 Å². The lowest BCUT2D eigenvalue weighted by molar-refractivity contribution is -0.384. The van der Waals surface area contributed by atoms with Crippen molar-refractivity contribution in [3.05, 3.63) is 39.9 Å². The Kier molecular flexibility index (Phi) is 6.61. The summed E-state index contributed by atoms with van der Waals surface area (Å²) in [5.74, 6) is -1.51. The number of non-ortho nitro benzene ring substituents is 1. The summed E-state index contributed by atoms with van der Waals surface area (Å²) < 4.78 is 10.1. The van der Waals surface area contributed by atoms with Crippen molar-refractivity contribution in [3.8, 4) is 0 Å². The van der Waals surface area contributed by atoms with Gasteiger partial charge >= 0.3 is 5.97 Å². The van der Waals surface area contributed by atoms with E-state index in [0.29, 0.717) is 26.3 Å². The van der Waals surface area contributed by atoms with Crippen LogP contribution in [0.1, 0.15) is 10.4 Å². The standard InChI is InChI=1S/C16H19N3O7/c1-17(10-14(20)18-6-8-25-9-7-18)15(21)11-26-16(22)12-2-4-13(5-3-12)19(23)24/h2-5H,6-11H2,1H3. The van der Waals surface area contributed by atoms with E-state index < -0.39 is 23.4 Å². The van der Waals surface area contributed by atoms with E-state index in [1.807, 2.05) is 0 Å². The van der Waals surface area contributed by atoms with Gasteiger partial charge in [-0.15, -0.1) is 0 Å². The van der Waals surface area contributed by atoms with Gasteiger partial charge in [-0.1, -0.05) is 0 Å². The van der Waals surface area contributed by atoms with Gasteiger partial charge in [-0.2, -0.15) is 0 Å². The highest BCUT2D eigenvalue weighted by Gasteiger charge is 2.21. The Morgan fingerprint density at radius 2 is 1.85 bits per heavy atom. The molecule has 1 aliphatic heterocycles. The van der Waals surface area contributed by atoms with Gasteiger partial charge in [0.1, 0.15) is 0 Å². The van der Waals surface area contributed by atoms with Gasteiger partial charge in [-0.25, -0.2) is 4.79 Å². The van der Waals surface area contributed by atoms with Crippen LogP contribution in [0.5, 0.6) is 0 Å². The summed E-state index contributed by atoms with van der Waals surface area (Å²) in [6, 6.07) is 4.84. The molecule has 0 saturated carbocycles. The molecule has 0 N–H and O–H groups in total. The van der Waals surface area contributed by atoms with Gasteiger partial charge in [-0.3, -0.25) is 19.7 Å². The lowest BCUT2D eigenvalue weighted by Gasteiger charge is -2.28. The van der Waals surface area contributed by atoms with E-state index in [1.54, 1.807) is 4.90 Å². The molecule has 10 nitrogen and oxygen atoms in total. The van der Waals surface area contributed by atoms with E-state index in [4.69, 9.17) is 9.47 Å². The number of carbonyl (C=O) groups is 3. The minimum Gasteiger partial charge on any atom is -0.452 e. The number of nitro benzene ring substituents is 1. The van der Waals surface area contributed by atoms with E-state index in [0.717, 1.165) is 0 Å². The SMILES string of the molecule is CN(CC(=O)N1CCOCC1)C(=O)COC(=O)c1ccc([N+](=O)[O-])cc1. The molecule has 1 aromatic carbocycles. The third kappa shape index (κ3) is 5.24. The Labute approximate surface area is 149 Å². The van der Waals surface area contributed by atoms with Gasteiger partial charge in [0.05, 0.1) is 30.2 Å². The van der Waals surface area contributed by atoms with Crippen molar-refractivity contribution in [2.45, 2.75) is 0 Å². The predicted molar refractivity (Wildman–Crippen MR) is 88.4 cm³/mol. The summed E-state index contributed by atoms with van der Waals surface area (Å²) in [5, 5.41) is 10.6. The maximum Gasteiger partial charge on any atom is 0.338 e. The zero-order valence-corrected chi connectivity index (χ0v) is 14.3. The molecule has 140 valence electrons. The van der Waals surface area contributed by atoms with Crippen molar-refractivity contribution >= 4 is 23.5 Å². The fraction of sp³-hybridized carbons (Fsp3) is 0.438. The van der Waals surface area contributed by atoms with Crippen LogP contribution >= 0.6 is 0 Å². The van der Waals surface area contributed by atoms with Crippen LogP contribution in [-0.2, 0) is 19.1 Å². The molecule has 1 heterocycles. The highest BCUT2D eigenvalue weighted by Crippen LogP contribution is 2.12. The van der Waals surface area contributed by atoms with Crippen LogP contribution in [0.3, 0.4) is 0 Å². The molecule has 0 bridgehead atoms. The fourth-order valence-electron chi connectivity index (χ4n) is 2.24. The molecule has 0 radical (unpaired) electrons. The van der Waals surface area contributed by atoms with E-state index >= 15 is 0 Å². The number of carbonyl (C=O) groups excluding carboxylic acids is 3. The Bertz CT molecular complexity index is 684.